The van der Waals surface area contributed by atoms with Crippen LogP contribution in [0.2, 0.25) is 0 Å². The lowest BCUT2D eigenvalue weighted by molar-refractivity contribution is -0.136. The quantitative estimate of drug-likeness (QED) is 0.787. The highest BCUT2D eigenvalue weighted by Crippen LogP contribution is 2.26. The highest BCUT2D eigenvalue weighted by atomic mass is 16.5. The molecule has 0 N–H and O–H groups in total. The third-order valence-electron chi connectivity index (χ3n) is 4.56. The number of esters is 1. The van der Waals surface area contributed by atoms with Gasteiger partial charge >= 0.3 is 5.97 Å². The minimum Gasteiger partial charge on any atom is -0.452 e. The molecular weight excluding hydrogens is 334 g/mol. The summed E-state index contributed by atoms with van der Waals surface area (Å²) in [5.74, 6) is 0.0658. The van der Waals surface area contributed by atoms with E-state index in [0.717, 1.165) is 12.8 Å². The van der Waals surface area contributed by atoms with Crippen LogP contribution in [0, 0.1) is 24.2 Å². The Morgan fingerprint density at radius 1 is 1.38 bits per heavy atom. The van der Waals surface area contributed by atoms with E-state index in [9.17, 15) is 14.9 Å². The zero-order valence-corrected chi connectivity index (χ0v) is 14.9. The van der Waals surface area contributed by atoms with Gasteiger partial charge in [-0.2, -0.15) is 5.26 Å². The number of hydrogen-bond acceptors (Lipinski definition) is 5. The van der Waals surface area contributed by atoms with E-state index in [2.05, 4.69) is 6.92 Å². The number of ether oxygens (including phenoxy) is 1. The van der Waals surface area contributed by atoms with E-state index in [1.54, 1.807) is 40.9 Å². The molecule has 7 nitrogen and oxygen atoms in total. The molecule has 0 saturated carbocycles. The summed E-state index contributed by atoms with van der Waals surface area (Å²) in [5, 5.41) is 9.46. The van der Waals surface area contributed by atoms with Crippen molar-refractivity contribution in [2.75, 3.05) is 19.7 Å². The van der Waals surface area contributed by atoms with E-state index in [0.29, 0.717) is 19.0 Å². The smallest absolute Gasteiger partial charge is 0.343 e. The monoisotopic (exact) mass is 355 g/mol. The van der Waals surface area contributed by atoms with Crippen molar-refractivity contribution in [3.63, 3.8) is 0 Å². The van der Waals surface area contributed by atoms with Crippen LogP contribution < -0.4 is 0 Å². The molecule has 3 heterocycles. The van der Waals surface area contributed by atoms with Gasteiger partial charge in [-0.15, -0.1) is 0 Å². The lowest BCUT2D eigenvalue weighted by Gasteiger charge is -2.30. The van der Waals surface area contributed by atoms with Crippen molar-refractivity contribution in [3.8, 4) is 12.0 Å². The molecule has 0 unspecified atom stereocenters. The highest BCUT2D eigenvalue weighted by molar-refractivity contribution is 5.95. The maximum Gasteiger partial charge on any atom is 0.343 e. The Balaban J connectivity index is 1.72. The fraction of sp³-hybridized carbons (Fsp3) is 0.421. The Morgan fingerprint density at radius 2 is 2.12 bits per heavy atom. The fourth-order valence-corrected chi connectivity index (χ4v) is 3.24. The van der Waals surface area contributed by atoms with Crippen LogP contribution in [0.25, 0.3) is 5.88 Å². The second-order valence-electron chi connectivity index (χ2n) is 6.58. The molecule has 1 atom stereocenters. The molecular formula is C19H21N3O4. The Kier molecular flexibility index (Phi) is 5.12. The van der Waals surface area contributed by atoms with Crippen molar-refractivity contribution in [2.24, 2.45) is 5.92 Å². The van der Waals surface area contributed by atoms with Crippen molar-refractivity contribution in [1.29, 1.82) is 5.26 Å². The van der Waals surface area contributed by atoms with Crippen molar-refractivity contribution in [2.45, 2.75) is 26.7 Å². The van der Waals surface area contributed by atoms with Gasteiger partial charge in [0.2, 0.25) is 5.88 Å². The summed E-state index contributed by atoms with van der Waals surface area (Å²) in [4.78, 5) is 26.5. The van der Waals surface area contributed by atoms with Gasteiger partial charge in [0, 0.05) is 25.5 Å². The summed E-state index contributed by atoms with van der Waals surface area (Å²) in [6.45, 7) is 4.73. The van der Waals surface area contributed by atoms with Gasteiger partial charge < -0.3 is 14.1 Å². The average molecular weight is 355 g/mol. The minimum absolute atomic E-state index is 0.0658. The van der Waals surface area contributed by atoms with Crippen molar-refractivity contribution in [3.05, 3.63) is 41.4 Å². The summed E-state index contributed by atoms with van der Waals surface area (Å²) >= 11 is 0. The SMILES string of the molecule is Cc1oc(-n2cccc2)c(C#N)c1C(=O)OCC(=O)N1CCC[C@H](C)C1. The molecule has 0 radical (unpaired) electrons. The Bertz CT molecular complexity index is 845. The number of rotatable bonds is 4. The Morgan fingerprint density at radius 3 is 2.77 bits per heavy atom. The number of aryl methyl sites for hydroxylation is 1. The molecule has 2 aromatic rings. The number of nitriles is 1. The molecule has 2 aromatic heterocycles. The van der Waals surface area contributed by atoms with Crippen molar-refractivity contribution in [1.82, 2.24) is 9.47 Å². The van der Waals surface area contributed by atoms with Gasteiger partial charge in [-0.25, -0.2) is 4.79 Å². The molecule has 26 heavy (non-hydrogen) atoms. The number of carbonyl (C=O) groups excluding carboxylic acids is 2. The number of amides is 1. The second kappa shape index (κ2) is 7.48. The van der Waals surface area contributed by atoms with Gasteiger partial charge in [0.25, 0.3) is 5.91 Å². The highest BCUT2D eigenvalue weighted by Gasteiger charge is 2.27. The number of nitrogens with zero attached hydrogens (tertiary/aromatic N) is 3. The normalized spacial score (nSPS) is 17.0. The molecule has 0 aliphatic carbocycles. The van der Waals surface area contributed by atoms with E-state index < -0.39 is 5.97 Å². The minimum atomic E-state index is -0.723. The topological polar surface area (TPSA) is 88.5 Å². The van der Waals surface area contributed by atoms with Gasteiger partial charge in [-0.05, 0) is 37.8 Å². The van der Waals surface area contributed by atoms with Crippen LogP contribution in [-0.4, -0.2) is 41.0 Å². The molecule has 3 rings (SSSR count). The lowest BCUT2D eigenvalue weighted by Crippen LogP contribution is -2.41. The first kappa shape index (κ1) is 17.8. The molecule has 1 aliphatic heterocycles. The number of carbonyl (C=O) groups is 2. The van der Waals surface area contributed by atoms with E-state index >= 15 is 0 Å². The van der Waals surface area contributed by atoms with Crippen LogP contribution in [0.3, 0.4) is 0 Å². The molecule has 0 aromatic carbocycles. The second-order valence-corrected chi connectivity index (χ2v) is 6.58. The number of hydrogen-bond donors (Lipinski definition) is 0. The van der Waals surface area contributed by atoms with E-state index in [1.165, 1.54) is 0 Å². The zero-order valence-electron chi connectivity index (χ0n) is 14.9. The molecule has 1 amide bonds. The molecule has 1 fully saturated rings. The lowest BCUT2D eigenvalue weighted by atomic mass is 10.0. The van der Waals surface area contributed by atoms with Crippen LogP contribution in [0.1, 0.15) is 41.4 Å². The zero-order chi connectivity index (χ0) is 18.7. The molecule has 0 spiro atoms. The van der Waals surface area contributed by atoms with Gasteiger partial charge in [0.1, 0.15) is 23.0 Å². The molecule has 0 bridgehead atoms. The summed E-state index contributed by atoms with van der Waals surface area (Å²) in [5.41, 5.74) is 0.166. The fourth-order valence-electron chi connectivity index (χ4n) is 3.24. The largest absolute Gasteiger partial charge is 0.452 e. The van der Waals surface area contributed by atoms with Crippen LogP contribution >= 0.6 is 0 Å². The van der Waals surface area contributed by atoms with Crippen molar-refractivity contribution < 1.29 is 18.7 Å². The average Bonchev–Trinajstić information content (AvgIpc) is 3.26. The first-order chi connectivity index (χ1) is 12.5. The molecule has 1 aliphatic rings. The van der Waals surface area contributed by atoms with Crippen LogP contribution in [0.4, 0.5) is 0 Å². The molecule has 7 heteroatoms. The van der Waals surface area contributed by atoms with Crippen LogP contribution in [0.5, 0.6) is 0 Å². The van der Waals surface area contributed by atoms with E-state index in [-0.39, 0.29) is 35.3 Å². The standard InChI is InChI=1S/C19H21N3O4/c1-13-6-5-9-22(11-13)16(23)12-25-19(24)17-14(2)26-18(15(17)10-20)21-7-3-4-8-21/h3-4,7-8,13H,5-6,9,11-12H2,1-2H3/t13-/m0/s1. The number of furan rings is 1. The number of aromatic nitrogens is 1. The Hall–Kier alpha value is -3.01. The summed E-state index contributed by atoms with van der Waals surface area (Å²) < 4.78 is 12.4. The van der Waals surface area contributed by atoms with Gasteiger partial charge in [-0.1, -0.05) is 6.92 Å². The summed E-state index contributed by atoms with van der Waals surface area (Å²) in [6.07, 6.45) is 5.50. The first-order valence-corrected chi connectivity index (χ1v) is 8.63. The summed E-state index contributed by atoms with van der Waals surface area (Å²) in [7, 11) is 0. The van der Waals surface area contributed by atoms with Crippen LogP contribution in [0.15, 0.2) is 28.9 Å². The third kappa shape index (κ3) is 3.49. The van der Waals surface area contributed by atoms with Gasteiger partial charge in [0.15, 0.2) is 6.61 Å². The number of piperidine rings is 1. The first-order valence-electron chi connectivity index (χ1n) is 8.63. The molecule has 1 saturated heterocycles. The maximum absolute atomic E-state index is 12.5. The number of likely N-dealkylation sites (tertiary alicyclic amines) is 1. The van der Waals surface area contributed by atoms with Gasteiger partial charge in [0.05, 0.1) is 0 Å². The summed E-state index contributed by atoms with van der Waals surface area (Å²) in [6, 6.07) is 5.57. The predicted octanol–water partition coefficient (Wildman–Crippen LogP) is 2.67. The predicted molar refractivity (Wildman–Crippen MR) is 92.7 cm³/mol. The van der Waals surface area contributed by atoms with Crippen molar-refractivity contribution >= 4 is 11.9 Å². The molecule has 136 valence electrons. The van der Waals surface area contributed by atoms with Gasteiger partial charge in [-0.3, -0.25) is 9.36 Å². The maximum atomic E-state index is 12.5. The third-order valence-corrected chi connectivity index (χ3v) is 4.56. The van der Waals surface area contributed by atoms with Crippen LogP contribution in [-0.2, 0) is 9.53 Å². The Labute approximate surface area is 151 Å². The van der Waals surface area contributed by atoms with E-state index in [1.807, 2.05) is 6.07 Å². The van der Waals surface area contributed by atoms with E-state index in [4.69, 9.17) is 9.15 Å².